The Morgan fingerprint density at radius 3 is 2.24 bits per heavy atom. The first kappa shape index (κ1) is 21.5. The van der Waals surface area contributed by atoms with E-state index in [0.717, 1.165) is 0 Å². The minimum Gasteiger partial charge on any atom is -0.494 e. The van der Waals surface area contributed by atoms with Gasteiger partial charge < -0.3 is 14.4 Å². The average molecular weight is 419 g/mol. The van der Waals surface area contributed by atoms with Gasteiger partial charge in [-0.15, -0.1) is 0 Å². The molecule has 0 amide bonds. The van der Waals surface area contributed by atoms with Crippen molar-refractivity contribution < 1.29 is 17.9 Å². The zero-order valence-corrected chi connectivity index (χ0v) is 18.5. The van der Waals surface area contributed by atoms with Crippen molar-refractivity contribution >= 4 is 15.7 Å². The van der Waals surface area contributed by atoms with Gasteiger partial charge in [0.25, 0.3) is 0 Å². The van der Waals surface area contributed by atoms with Gasteiger partial charge in [0.05, 0.1) is 13.2 Å². The SMILES string of the molecule is CCOc1ccc(OCC)c(S(=O)(=O)N2CCN(c3cc(C)ccc3C)CC2)c1. The van der Waals surface area contributed by atoms with Crippen LogP contribution in [-0.4, -0.2) is 52.1 Å². The van der Waals surface area contributed by atoms with Crippen molar-refractivity contribution in [2.45, 2.75) is 32.6 Å². The standard InChI is InChI=1S/C22H30N2O4S/c1-5-27-19-9-10-21(28-6-2)22(16-19)29(25,26)24-13-11-23(12-14-24)20-15-17(3)7-8-18(20)4/h7-10,15-16H,5-6,11-14H2,1-4H3. The Morgan fingerprint density at radius 1 is 0.897 bits per heavy atom. The molecule has 0 bridgehead atoms. The van der Waals surface area contributed by atoms with Crippen molar-refractivity contribution in [3.05, 3.63) is 47.5 Å². The Labute approximate surface area is 174 Å². The van der Waals surface area contributed by atoms with Crippen LogP contribution in [0.25, 0.3) is 0 Å². The van der Waals surface area contributed by atoms with E-state index >= 15 is 0 Å². The Hall–Kier alpha value is -2.25. The highest BCUT2D eigenvalue weighted by Crippen LogP contribution is 2.32. The monoisotopic (exact) mass is 418 g/mol. The summed E-state index contributed by atoms with van der Waals surface area (Å²) in [6, 6.07) is 11.4. The summed E-state index contributed by atoms with van der Waals surface area (Å²) >= 11 is 0. The van der Waals surface area contributed by atoms with E-state index in [2.05, 4.69) is 36.9 Å². The summed E-state index contributed by atoms with van der Waals surface area (Å²) < 4.78 is 39.4. The predicted molar refractivity (Wildman–Crippen MR) is 116 cm³/mol. The highest BCUT2D eigenvalue weighted by Gasteiger charge is 2.31. The van der Waals surface area contributed by atoms with E-state index in [1.807, 2.05) is 13.8 Å². The maximum atomic E-state index is 13.4. The number of aryl methyl sites for hydroxylation is 2. The van der Waals surface area contributed by atoms with Gasteiger partial charge in [-0.3, -0.25) is 0 Å². The summed E-state index contributed by atoms with van der Waals surface area (Å²) in [6.45, 7) is 10.9. The van der Waals surface area contributed by atoms with Gasteiger partial charge in [-0.25, -0.2) is 8.42 Å². The second-order valence-corrected chi connectivity index (χ2v) is 9.06. The number of rotatable bonds is 7. The van der Waals surface area contributed by atoms with Crippen LogP contribution in [-0.2, 0) is 10.0 Å². The number of nitrogens with zero attached hydrogens (tertiary/aromatic N) is 2. The topological polar surface area (TPSA) is 59.1 Å². The van der Waals surface area contributed by atoms with Gasteiger partial charge in [0.15, 0.2) is 0 Å². The molecule has 1 heterocycles. The lowest BCUT2D eigenvalue weighted by Gasteiger charge is -2.36. The third-order valence-corrected chi connectivity index (χ3v) is 7.01. The van der Waals surface area contributed by atoms with E-state index in [4.69, 9.17) is 9.47 Å². The molecule has 1 fully saturated rings. The van der Waals surface area contributed by atoms with E-state index in [-0.39, 0.29) is 4.90 Å². The average Bonchev–Trinajstić information content (AvgIpc) is 2.71. The van der Waals surface area contributed by atoms with Crippen LogP contribution < -0.4 is 14.4 Å². The maximum Gasteiger partial charge on any atom is 0.247 e. The van der Waals surface area contributed by atoms with E-state index < -0.39 is 10.0 Å². The summed E-state index contributed by atoms with van der Waals surface area (Å²) in [5, 5.41) is 0. The minimum absolute atomic E-state index is 0.172. The quantitative estimate of drug-likeness (QED) is 0.687. The molecule has 0 radical (unpaired) electrons. The fourth-order valence-corrected chi connectivity index (χ4v) is 5.16. The van der Waals surface area contributed by atoms with Crippen LogP contribution in [0.2, 0.25) is 0 Å². The van der Waals surface area contributed by atoms with Gasteiger partial charge in [-0.2, -0.15) is 4.31 Å². The molecule has 0 unspecified atom stereocenters. The van der Waals surface area contributed by atoms with Gasteiger partial charge in [0.1, 0.15) is 16.4 Å². The lowest BCUT2D eigenvalue weighted by Crippen LogP contribution is -2.48. The first-order valence-electron chi connectivity index (χ1n) is 10.1. The summed E-state index contributed by atoms with van der Waals surface area (Å²) in [6.07, 6.45) is 0. The number of hydrogen-bond donors (Lipinski definition) is 0. The summed E-state index contributed by atoms with van der Waals surface area (Å²) in [5.74, 6) is 0.900. The number of benzene rings is 2. The number of ether oxygens (including phenoxy) is 2. The molecule has 29 heavy (non-hydrogen) atoms. The molecule has 0 aromatic heterocycles. The summed E-state index contributed by atoms with van der Waals surface area (Å²) in [7, 11) is -3.68. The lowest BCUT2D eigenvalue weighted by molar-refractivity contribution is 0.319. The van der Waals surface area contributed by atoms with Crippen LogP contribution in [0.1, 0.15) is 25.0 Å². The molecular weight excluding hydrogens is 388 g/mol. The molecule has 3 rings (SSSR count). The summed E-state index contributed by atoms with van der Waals surface area (Å²) in [4.78, 5) is 2.43. The van der Waals surface area contributed by atoms with Crippen LogP contribution >= 0.6 is 0 Å². The molecule has 158 valence electrons. The van der Waals surface area contributed by atoms with Gasteiger partial charge in [-0.1, -0.05) is 12.1 Å². The number of hydrogen-bond acceptors (Lipinski definition) is 5. The van der Waals surface area contributed by atoms with Crippen molar-refractivity contribution in [1.29, 1.82) is 0 Å². The molecule has 1 saturated heterocycles. The van der Waals surface area contributed by atoms with Crippen LogP contribution in [0, 0.1) is 13.8 Å². The third-order valence-electron chi connectivity index (χ3n) is 5.09. The van der Waals surface area contributed by atoms with Crippen molar-refractivity contribution in [2.75, 3.05) is 44.3 Å². The first-order valence-corrected chi connectivity index (χ1v) is 11.5. The summed E-state index contributed by atoms with van der Waals surface area (Å²) in [5.41, 5.74) is 3.58. The number of anilines is 1. The largest absolute Gasteiger partial charge is 0.494 e. The third kappa shape index (κ3) is 4.67. The van der Waals surface area contributed by atoms with E-state index in [1.165, 1.54) is 16.8 Å². The molecule has 0 saturated carbocycles. The fourth-order valence-electron chi connectivity index (χ4n) is 3.59. The van der Waals surface area contributed by atoms with Crippen LogP contribution in [0.3, 0.4) is 0 Å². The van der Waals surface area contributed by atoms with Crippen molar-refractivity contribution in [3.8, 4) is 11.5 Å². The Bertz CT molecular complexity index is 951. The molecule has 0 N–H and O–H groups in total. The second kappa shape index (κ2) is 9.05. The highest BCUT2D eigenvalue weighted by molar-refractivity contribution is 7.89. The highest BCUT2D eigenvalue weighted by atomic mass is 32.2. The predicted octanol–water partition coefficient (Wildman–Crippen LogP) is 3.61. The van der Waals surface area contributed by atoms with Gasteiger partial charge in [0, 0.05) is 37.9 Å². The number of piperazine rings is 1. The maximum absolute atomic E-state index is 13.4. The van der Waals surface area contributed by atoms with Gasteiger partial charge in [0.2, 0.25) is 10.0 Å². The van der Waals surface area contributed by atoms with E-state index in [9.17, 15) is 8.42 Å². The fraction of sp³-hybridized carbons (Fsp3) is 0.455. The molecule has 1 aliphatic heterocycles. The lowest BCUT2D eigenvalue weighted by atomic mass is 10.1. The van der Waals surface area contributed by atoms with Crippen LogP contribution in [0.15, 0.2) is 41.3 Å². The molecule has 0 spiro atoms. The molecule has 1 aliphatic rings. The Kier molecular flexibility index (Phi) is 6.70. The zero-order chi connectivity index (χ0) is 21.0. The van der Waals surface area contributed by atoms with Crippen LogP contribution in [0.5, 0.6) is 11.5 Å². The Morgan fingerprint density at radius 2 is 1.59 bits per heavy atom. The van der Waals surface area contributed by atoms with Gasteiger partial charge in [-0.05, 0) is 57.0 Å². The molecule has 2 aromatic rings. The van der Waals surface area contributed by atoms with Crippen molar-refractivity contribution in [1.82, 2.24) is 4.31 Å². The normalized spacial score (nSPS) is 15.4. The molecule has 0 aliphatic carbocycles. The van der Waals surface area contributed by atoms with Crippen molar-refractivity contribution in [2.24, 2.45) is 0 Å². The molecule has 2 aromatic carbocycles. The van der Waals surface area contributed by atoms with Crippen LogP contribution in [0.4, 0.5) is 5.69 Å². The molecular formula is C22H30N2O4S. The zero-order valence-electron chi connectivity index (χ0n) is 17.6. The number of sulfonamides is 1. The Balaban J connectivity index is 1.82. The molecule has 6 nitrogen and oxygen atoms in total. The molecule has 0 atom stereocenters. The van der Waals surface area contributed by atoms with Gasteiger partial charge >= 0.3 is 0 Å². The smallest absolute Gasteiger partial charge is 0.247 e. The van der Waals surface area contributed by atoms with Crippen molar-refractivity contribution in [3.63, 3.8) is 0 Å². The second-order valence-electron chi connectivity index (χ2n) is 7.16. The minimum atomic E-state index is -3.68. The first-order chi connectivity index (χ1) is 13.9. The van der Waals surface area contributed by atoms with E-state index in [1.54, 1.807) is 22.5 Å². The molecule has 7 heteroatoms. The van der Waals surface area contributed by atoms with E-state index in [0.29, 0.717) is 50.9 Å².